The first-order valence-corrected chi connectivity index (χ1v) is 13.1. The lowest BCUT2D eigenvalue weighted by molar-refractivity contribution is 0.474. The minimum absolute atomic E-state index is 0.236. The Morgan fingerprint density at radius 1 is 0.333 bits per heavy atom. The number of phenolic OH excluding ortho intramolecular Hbond substituents is 1. The van der Waals surface area contributed by atoms with E-state index in [0.717, 1.165) is 44.5 Å². The van der Waals surface area contributed by atoms with Crippen molar-refractivity contribution in [3.05, 3.63) is 172 Å². The molecule has 0 saturated carbocycles. The average Bonchev–Trinajstić information content (AvgIpc) is 3.00. The van der Waals surface area contributed by atoms with Gasteiger partial charge in [0.2, 0.25) is 0 Å². The first-order chi connectivity index (χ1) is 19.3. The van der Waals surface area contributed by atoms with Gasteiger partial charge in [0.05, 0.1) is 0 Å². The van der Waals surface area contributed by atoms with Crippen molar-refractivity contribution >= 4 is 48.6 Å². The highest BCUT2D eigenvalue weighted by atomic mass is 16.3. The maximum Gasteiger partial charge on any atom is 0.124 e. The molecule has 5 rings (SSSR count). The van der Waals surface area contributed by atoms with Gasteiger partial charge < -0.3 is 5.11 Å². The third-order valence-electron chi connectivity index (χ3n) is 6.44. The van der Waals surface area contributed by atoms with Crippen molar-refractivity contribution in [2.45, 2.75) is 0 Å². The second kappa shape index (κ2) is 12.9. The molecule has 188 valence electrons. The van der Waals surface area contributed by atoms with Crippen molar-refractivity contribution in [3.8, 4) is 5.75 Å². The molecule has 1 N–H and O–H groups in total. The fourth-order valence-electron chi connectivity index (χ4n) is 4.40. The molecule has 0 saturated heterocycles. The molecule has 39 heavy (non-hydrogen) atoms. The predicted molar refractivity (Wildman–Crippen MR) is 170 cm³/mol. The van der Waals surface area contributed by atoms with Crippen LogP contribution in [0.2, 0.25) is 0 Å². The lowest BCUT2D eigenvalue weighted by Crippen LogP contribution is -1.93. The molecular formula is C38H30O. The first kappa shape index (κ1) is 25.5. The number of hydrogen-bond donors (Lipinski definition) is 1. The average molecular weight is 503 g/mol. The van der Waals surface area contributed by atoms with Crippen molar-refractivity contribution in [3.63, 3.8) is 0 Å². The van der Waals surface area contributed by atoms with Crippen LogP contribution in [-0.2, 0) is 0 Å². The highest BCUT2D eigenvalue weighted by Gasteiger charge is 2.12. The van der Waals surface area contributed by atoms with Crippen molar-refractivity contribution in [1.29, 1.82) is 0 Å². The molecule has 0 bridgehead atoms. The molecule has 0 aromatic heterocycles. The van der Waals surface area contributed by atoms with Gasteiger partial charge in [0.25, 0.3) is 0 Å². The number of phenols is 1. The first-order valence-electron chi connectivity index (χ1n) is 13.1. The maximum atomic E-state index is 11.3. The summed E-state index contributed by atoms with van der Waals surface area (Å²) in [6, 6.07) is 42.7. The minimum atomic E-state index is 0.236. The van der Waals surface area contributed by atoms with E-state index in [9.17, 15) is 5.11 Å². The summed E-state index contributed by atoms with van der Waals surface area (Å²) in [5.41, 5.74) is 8.08. The van der Waals surface area contributed by atoms with Gasteiger partial charge in [-0.1, -0.05) is 170 Å². The second-order valence-corrected chi connectivity index (χ2v) is 9.20. The lowest BCUT2D eigenvalue weighted by atomic mass is 9.92. The Bertz CT molecular complexity index is 1610. The number of benzene rings is 5. The van der Waals surface area contributed by atoms with Crippen LogP contribution in [-0.4, -0.2) is 5.11 Å². The van der Waals surface area contributed by atoms with Crippen LogP contribution in [0.5, 0.6) is 5.75 Å². The van der Waals surface area contributed by atoms with Crippen molar-refractivity contribution in [2.75, 3.05) is 0 Å². The highest BCUT2D eigenvalue weighted by Crippen LogP contribution is 2.34. The van der Waals surface area contributed by atoms with E-state index in [1.165, 1.54) is 0 Å². The van der Waals surface area contributed by atoms with Crippen LogP contribution in [0.3, 0.4) is 0 Å². The molecule has 1 nitrogen and oxygen atoms in total. The van der Waals surface area contributed by atoms with E-state index in [1.54, 1.807) is 0 Å². The lowest BCUT2D eigenvalue weighted by Gasteiger charge is -2.14. The molecule has 5 aromatic carbocycles. The van der Waals surface area contributed by atoms with Crippen molar-refractivity contribution < 1.29 is 5.11 Å². The normalized spacial score (nSPS) is 11.8. The molecule has 0 fully saturated rings. The predicted octanol–water partition coefficient (Wildman–Crippen LogP) is 10.1. The van der Waals surface area contributed by atoms with Crippen molar-refractivity contribution in [2.24, 2.45) is 0 Å². The summed E-state index contributed by atoms with van der Waals surface area (Å²) < 4.78 is 0. The van der Waals surface area contributed by atoms with Gasteiger partial charge in [0.1, 0.15) is 5.75 Å². The molecule has 0 spiro atoms. The molecule has 5 aromatic rings. The van der Waals surface area contributed by atoms with E-state index in [2.05, 4.69) is 85.0 Å². The van der Waals surface area contributed by atoms with Crippen LogP contribution in [0.1, 0.15) is 44.5 Å². The Morgan fingerprint density at radius 2 is 0.667 bits per heavy atom. The molecule has 0 aliphatic heterocycles. The van der Waals surface area contributed by atoms with Gasteiger partial charge in [-0.2, -0.15) is 0 Å². The Balaban J connectivity index is 1.69. The van der Waals surface area contributed by atoms with Crippen LogP contribution >= 0.6 is 0 Å². The van der Waals surface area contributed by atoms with E-state index >= 15 is 0 Å². The van der Waals surface area contributed by atoms with E-state index in [1.807, 2.05) is 91.0 Å². The molecule has 0 radical (unpaired) electrons. The Hall–Kier alpha value is -5.14. The third-order valence-corrected chi connectivity index (χ3v) is 6.44. The highest BCUT2D eigenvalue weighted by molar-refractivity contribution is 5.92. The Labute approximate surface area is 231 Å². The van der Waals surface area contributed by atoms with Gasteiger partial charge in [-0.15, -0.1) is 0 Å². The fraction of sp³-hybridized carbons (Fsp3) is 0. The van der Waals surface area contributed by atoms with E-state index in [0.29, 0.717) is 0 Å². The van der Waals surface area contributed by atoms with Gasteiger partial charge in [0, 0.05) is 5.56 Å². The SMILES string of the molecule is Oc1cc(C=Cc2ccccc2)c(C=Cc2ccccc2)c(C=Cc2ccccc2)c1C=Cc1ccccc1. The zero-order chi connectivity index (χ0) is 26.7. The Kier molecular flexibility index (Phi) is 8.43. The molecule has 0 unspecified atom stereocenters. The summed E-state index contributed by atoms with van der Waals surface area (Å²) in [6.07, 6.45) is 16.7. The van der Waals surface area contributed by atoms with E-state index < -0.39 is 0 Å². The van der Waals surface area contributed by atoms with Gasteiger partial charge in [-0.3, -0.25) is 0 Å². The van der Waals surface area contributed by atoms with Gasteiger partial charge in [-0.05, 0) is 45.0 Å². The van der Waals surface area contributed by atoms with Crippen LogP contribution in [0.15, 0.2) is 127 Å². The number of rotatable bonds is 8. The van der Waals surface area contributed by atoms with Crippen LogP contribution < -0.4 is 0 Å². The van der Waals surface area contributed by atoms with Crippen molar-refractivity contribution in [1.82, 2.24) is 0 Å². The quantitative estimate of drug-likeness (QED) is 0.209. The molecular weight excluding hydrogens is 472 g/mol. The Morgan fingerprint density at radius 3 is 1.08 bits per heavy atom. The van der Waals surface area contributed by atoms with Crippen LogP contribution in [0, 0.1) is 0 Å². The smallest absolute Gasteiger partial charge is 0.124 e. The van der Waals surface area contributed by atoms with E-state index in [-0.39, 0.29) is 5.75 Å². The van der Waals surface area contributed by atoms with Gasteiger partial charge >= 0.3 is 0 Å². The zero-order valence-electron chi connectivity index (χ0n) is 21.7. The summed E-state index contributed by atoms with van der Waals surface area (Å²) in [6.45, 7) is 0. The van der Waals surface area contributed by atoms with Crippen LogP contribution in [0.25, 0.3) is 48.6 Å². The molecule has 0 heterocycles. The molecule has 0 amide bonds. The topological polar surface area (TPSA) is 20.2 Å². The third kappa shape index (κ3) is 7.00. The summed E-state index contributed by atoms with van der Waals surface area (Å²) in [5, 5.41) is 11.3. The van der Waals surface area contributed by atoms with Crippen LogP contribution in [0.4, 0.5) is 0 Å². The second-order valence-electron chi connectivity index (χ2n) is 9.20. The molecule has 0 aliphatic rings. The zero-order valence-corrected chi connectivity index (χ0v) is 21.7. The minimum Gasteiger partial charge on any atom is -0.507 e. The summed E-state index contributed by atoms with van der Waals surface area (Å²) in [5.74, 6) is 0.236. The summed E-state index contributed by atoms with van der Waals surface area (Å²) in [4.78, 5) is 0. The van der Waals surface area contributed by atoms with Gasteiger partial charge in [-0.25, -0.2) is 0 Å². The summed E-state index contributed by atoms with van der Waals surface area (Å²) >= 11 is 0. The van der Waals surface area contributed by atoms with E-state index in [4.69, 9.17) is 0 Å². The summed E-state index contributed by atoms with van der Waals surface area (Å²) in [7, 11) is 0. The van der Waals surface area contributed by atoms with Gasteiger partial charge in [0.15, 0.2) is 0 Å². The standard InChI is InChI=1S/C38H30O/c39-38-29-34(25-21-30-13-5-1-6-14-30)35(26-22-31-15-7-2-8-16-31)36(27-23-32-17-9-3-10-18-32)37(38)28-24-33-19-11-4-12-20-33/h1-29,39H. The molecule has 0 atom stereocenters. The number of hydrogen-bond acceptors (Lipinski definition) is 1. The largest absolute Gasteiger partial charge is 0.507 e. The molecule has 0 aliphatic carbocycles. The maximum absolute atomic E-state index is 11.3. The molecule has 1 heteroatoms. The fourth-order valence-corrected chi connectivity index (χ4v) is 4.40. The number of aromatic hydroxyl groups is 1. The monoisotopic (exact) mass is 502 g/mol.